The van der Waals surface area contributed by atoms with Gasteiger partial charge in [-0.25, -0.2) is 12.8 Å². The highest BCUT2D eigenvalue weighted by molar-refractivity contribution is 8.16. The van der Waals surface area contributed by atoms with Crippen molar-refractivity contribution in [3.05, 3.63) is 64.9 Å². The van der Waals surface area contributed by atoms with Gasteiger partial charge in [-0.15, -0.1) is 0 Å². The Hall–Kier alpha value is -1.90. The van der Waals surface area contributed by atoms with Crippen molar-refractivity contribution in [1.82, 2.24) is 0 Å². The number of hydrogen-bond acceptors (Lipinski definition) is 4. The number of amides is 1. The number of amidine groups is 1. The third-order valence-electron chi connectivity index (χ3n) is 4.64. The summed E-state index contributed by atoms with van der Waals surface area (Å²) in [5.74, 6) is -0.794. The molecule has 2 saturated heterocycles. The van der Waals surface area contributed by atoms with E-state index in [0.717, 1.165) is 5.56 Å². The summed E-state index contributed by atoms with van der Waals surface area (Å²) in [5.41, 5.74) is 1.27. The van der Waals surface area contributed by atoms with Gasteiger partial charge in [0.15, 0.2) is 15.0 Å². The van der Waals surface area contributed by atoms with Crippen LogP contribution in [0.25, 0.3) is 0 Å². The number of carbonyl (C=O) groups is 1. The van der Waals surface area contributed by atoms with E-state index >= 15 is 0 Å². The molecule has 2 aliphatic heterocycles. The van der Waals surface area contributed by atoms with Gasteiger partial charge in [-0.05, 0) is 35.9 Å². The van der Waals surface area contributed by atoms with Gasteiger partial charge in [-0.2, -0.15) is 4.99 Å². The van der Waals surface area contributed by atoms with Crippen LogP contribution < -0.4 is 4.90 Å². The Labute approximate surface area is 171 Å². The fraction of sp³-hybridized carbons (Fsp3) is 0.263. The first-order valence-electron chi connectivity index (χ1n) is 8.58. The van der Waals surface area contributed by atoms with Gasteiger partial charge in [-0.1, -0.05) is 41.6 Å². The number of fused-ring (bicyclic) bond motifs is 1. The van der Waals surface area contributed by atoms with Gasteiger partial charge in [-0.3, -0.25) is 4.79 Å². The van der Waals surface area contributed by atoms with Crippen molar-refractivity contribution < 1.29 is 17.6 Å². The highest BCUT2D eigenvalue weighted by Gasteiger charge is 2.49. The molecule has 2 fully saturated rings. The predicted octanol–water partition coefficient (Wildman–Crippen LogP) is 3.32. The maximum Gasteiger partial charge on any atom is 0.252 e. The van der Waals surface area contributed by atoms with E-state index in [1.54, 1.807) is 41.3 Å². The maximum absolute atomic E-state index is 13.8. The zero-order valence-corrected chi connectivity index (χ0v) is 17.0. The van der Waals surface area contributed by atoms with E-state index in [1.165, 1.54) is 23.9 Å². The Bertz CT molecular complexity index is 1060. The van der Waals surface area contributed by atoms with Crippen molar-refractivity contribution >= 4 is 50.0 Å². The monoisotopic (exact) mass is 438 g/mol. The smallest absolute Gasteiger partial charge is 0.252 e. The molecule has 28 heavy (non-hydrogen) atoms. The van der Waals surface area contributed by atoms with Crippen molar-refractivity contribution in [2.75, 3.05) is 16.4 Å². The van der Waals surface area contributed by atoms with Crippen LogP contribution in [0.4, 0.5) is 10.1 Å². The number of aliphatic imine (C=N–C) groups is 1. The fourth-order valence-electron chi connectivity index (χ4n) is 3.42. The normalized spacial score (nSPS) is 24.5. The molecular weight excluding hydrogens is 423 g/mol. The Morgan fingerprint density at radius 3 is 2.68 bits per heavy atom. The lowest BCUT2D eigenvalue weighted by Gasteiger charge is -2.24. The molecule has 2 aliphatic rings. The fourth-order valence-corrected chi connectivity index (χ4v) is 7.47. The van der Waals surface area contributed by atoms with E-state index in [9.17, 15) is 17.6 Å². The van der Waals surface area contributed by atoms with E-state index in [4.69, 9.17) is 11.6 Å². The second-order valence-electron chi connectivity index (χ2n) is 6.74. The number of carbonyl (C=O) groups excluding carboxylic acids is 1. The molecule has 1 amide bonds. The molecule has 0 aromatic heterocycles. The van der Waals surface area contributed by atoms with Crippen molar-refractivity contribution in [3.63, 3.8) is 0 Å². The third-order valence-corrected chi connectivity index (χ3v) is 8.10. The number of sulfone groups is 1. The van der Waals surface area contributed by atoms with Crippen molar-refractivity contribution in [2.24, 2.45) is 4.99 Å². The lowest BCUT2D eigenvalue weighted by molar-refractivity contribution is -0.117. The number of benzene rings is 2. The SMILES string of the molecule is O=C(Cc1ccc(Cl)cc1)N=C1S[C@@H]2CS(=O)(=O)C[C@@H]2N1c1cccc(F)c1. The quantitative estimate of drug-likeness (QED) is 0.735. The molecule has 0 aliphatic carbocycles. The molecule has 0 bridgehead atoms. The molecule has 0 radical (unpaired) electrons. The van der Waals surface area contributed by atoms with Crippen LogP contribution in [-0.2, 0) is 21.1 Å². The molecule has 4 rings (SSSR count). The van der Waals surface area contributed by atoms with E-state index in [-0.39, 0.29) is 35.1 Å². The zero-order valence-electron chi connectivity index (χ0n) is 14.6. The highest BCUT2D eigenvalue weighted by atomic mass is 35.5. The first-order chi connectivity index (χ1) is 13.3. The lowest BCUT2D eigenvalue weighted by atomic mass is 10.1. The van der Waals surface area contributed by atoms with E-state index in [2.05, 4.69) is 4.99 Å². The Morgan fingerprint density at radius 2 is 1.96 bits per heavy atom. The molecule has 2 atom stereocenters. The van der Waals surface area contributed by atoms with Crippen molar-refractivity contribution in [1.29, 1.82) is 0 Å². The molecule has 9 heteroatoms. The van der Waals surface area contributed by atoms with Gasteiger partial charge in [0, 0.05) is 16.0 Å². The molecule has 0 unspecified atom stereocenters. The van der Waals surface area contributed by atoms with Crippen LogP contribution in [-0.4, -0.2) is 42.3 Å². The molecule has 5 nitrogen and oxygen atoms in total. The Balaban J connectivity index is 1.63. The first kappa shape index (κ1) is 19.4. The van der Waals surface area contributed by atoms with Crippen LogP contribution in [0, 0.1) is 5.82 Å². The van der Waals surface area contributed by atoms with Crippen LogP contribution in [0.5, 0.6) is 0 Å². The zero-order chi connectivity index (χ0) is 19.9. The first-order valence-corrected chi connectivity index (χ1v) is 11.7. The molecule has 146 valence electrons. The lowest BCUT2D eigenvalue weighted by Crippen LogP contribution is -2.37. The molecule has 0 N–H and O–H groups in total. The summed E-state index contributed by atoms with van der Waals surface area (Å²) in [6, 6.07) is 12.5. The second-order valence-corrected chi connectivity index (χ2v) is 10.5. The Morgan fingerprint density at radius 1 is 1.21 bits per heavy atom. The van der Waals surface area contributed by atoms with E-state index in [1.807, 2.05) is 0 Å². The van der Waals surface area contributed by atoms with Crippen LogP contribution >= 0.6 is 23.4 Å². The van der Waals surface area contributed by atoms with Crippen LogP contribution in [0.3, 0.4) is 0 Å². The summed E-state index contributed by atoms with van der Waals surface area (Å²) < 4.78 is 37.9. The third kappa shape index (κ3) is 4.09. The number of halogens is 2. The number of nitrogens with zero attached hydrogens (tertiary/aromatic N) is 2. The number of anilines is 1. The molecule has 2 aromatic rings. The molecule has 0 saturated carbocycles. The number of rotatable bonds is 3. The summed E-state index contributed by atoms with van der Waals surface area (Å²) in [4.78, 5) is 18.4. The van der Waals surface area contributed by atoms with Gasteiger partial charge < -0.3 is 4.90 Å². The maximum atomic E-state index is 13.8. The average molecular weight is 439 g/mol. The van der Waals surface area contributed by atoms with Crippen LogP contribution in [0.2, 0.25) is 5.02 Å². The van der Waals surface area contributed by atoms with Crippen LogP contribution in [0.1, 0.15) is 5.56 Å². The molecule has 0 spiro atoms. The van der Waals surface area contributed by atoms with E-state index in [0.29, 0.717) is 15.9 Å². The second kappa shape index (κ2) is 7.50. The van der Waals surface area contributed by atoms with E-state index < -0.39 is 15.7 Å². The van der Waals surface area contributed by atoms with Crippen molar-refractivity contribution in [3.8, 4) is 0 Å². The topological polar surface area (TPSA) is 66.8 Å². The van der Waals surface area contributed by atoms with Gasteiger partial charge in [0.1, 0.15) is 5.82 Å². The Kier molecular flexibility index (Phi) is 5.20. The molecular formula is C19H16ClFN2O3S2. The minimum Gasteiger partial charge on any atom is -0.315 e. The molecule has 2 heterocycles. The highest BCUT2D eigenvalue weighted by Crippen LogP contribution is 2.41. The summed E-state index contributed by atoms with van der Waals surface area (Å²) in [6.45, 7) is 0. The molecule has 2 aromatic carbocycles. The van der Waals surface area contributed by atoms with Crippen LogP contribution in [0.15, 0.2) is 53.5 Å². The van der Waals surface area contributed by atoms with Gasteiger partial charge in [0.25, 0.3) is 5.91 Å². The van der Waals surface area contributed by atoms with Gasteiger partial charge >= 0.3 is 0 Å². The van der Waals surface area contributed by atoms with Gasteiger partial charge in [0.05, 0.1) is 24.0 Å². The number of hydrogen-bond donors (Lipinski definition) is 0. The largest absolute Gasteiger partial charge is 0.315 e. The minimum atomic E-state index is -3.17. The van der Waals surface area contributed by atoms with Crippen molar-refractivity contribution in [2.45, 2.75) is 17.7 Å². The van der Waals surface area contributed by atoms with Gasteiger partial charge in [0.2, 0.25) is 0 Å². The minimum absolute atomic E-state index is 0.0263. The average Bonchev–Trinajstić information content (AvgIpc) is 3.07. The summed E-state index contributed by atoms with van der Waals surface area (Å²) >= 11 is 7.13. The summed E-state index contributed by atoms with van der Waals surface area (Å²) in [5, 5.41) is 0.769. The summed E-state index contributed by atoms with van der Waals surface area (Å²) in [7, 11) is -3.17. The number of thioether (sulfide) groups is 1. The standard InChI is InChI=1S/C19H16ClFN2O3S2/c20-13-6-4-12(5-7-13)8-18(24)22-19-23(15-3-1-2-14(21)9-15)16-10-28(25,26)11-17(16)27-19/h1-7,9,16-17H,8,10-11H2/t16-,17+/m0/s1. The summed E-state index contributed by atoms with van der Waals surface area (Å²) in [6.07, 6.45) is 0.103. The predicted molar refractivity (Wildman–Crippen MR) is 110 cm³/mol.